The molecule has 0 aliphatic carbocycles. The molecule has 0 radical (unpaired) electrons. The highest BCUT2D eigenvalue weighted by molar-refractivity contribution is 7.09. The molecule has 1 fully saturated rings. The van der Waals surface area contributed by atoms with Crippen molar-refractivity contribution in [1.29, 1.82) is 0 Å². The van der Waals surface area contributed by atoms with E-state index in [1.165, 1.54) is 24.4 Å². The van der Waals surface area contributed by atoms with Crippen LogP contribution >= 0.6 is 11.3 Å². The van der Waals surface area contributed by atoms with Crippen LogP contribution in [0.15, 0.2) is 11.6 Å². The summed E-state index contributed by atoms with van der Waals surface area (Å²) >= 11 is 1.74. The molecule has 1 aromatic heterocycles. The fraction of sp³-hybridized carbons (Fsp3) is 0.700. The minimum Gasteiger partial charge on any atom is -0.329 e. The number of nitrogens with zero attached hydrogens (tertiary/aromatic N) is 2. The zero-order valence-electron chi connectivity index (χ0n) is 8.52. The molecule has 3 nitrogen and oxygen atoms in total. The zero-order chi connectivity index (χ0) is 9.97. The lowest BCUT2D eigenvalue weighted by atomic mass is 10.2. The molecular weight excluding hydrogens is 194 g/mol. The van der Waals surface area contributed by atoms with E-state index in [1.54, 1.807) is 11.3 Å². The Hall–Kier alpha value is -0.450. The van der Waals surface area contributed by atoms with Gasteiger partial charge in [-0.3, -0.25) is 4.90 Å². The van der Waals surface area contributed by atoms with E-state index >= 15 is 0 Å². The summed E-state index contributed by atoms with van der Waals surface area (Å²) in [5, 5.41) is 3.25. The van der Waals surface area contributed by atoms with Crippen molar-refractivity contribution >= 4 is 11.3 Å². The second-order valence-electron chi connectivity index (χ2n) is 3.82. The molecule has 2 atom stereocenters. The number of likely N-dealkylation sites (tertiary alicyclic amines) is 1. The zero-order valence-corrected chi connectivity index (χ0v) is 9.33. The minimum atomic E-state index is 0.436. The van der Waals surface area contributed by atoms with Gasteiger partial charge in [-0.05, 0) is 26.3 Å². The summed E-state index contributed by atoms with van der Waals surface area (Å²) in [7, 11) is 0. The van der Waals surface area contributed by atoms with Crippen molar-refractivity contribution in [3.8, 4) is 0 Å². The van der Waals surface area contributed by atoms with Crippen molar-refractivity contribution in [2.45, 2.75) is 31.8 Å². The van der Waals surface area contributed by atoms with Crippen molar-refractivity contribution in [1.82, 2.24) is 9.88 Å². The Kier molecular flexibility index (Phi) is 3.15. The normalized spacial score (nSPS) is 25.4. The highest BCUT2D eigenvalue weighted by atomic mass is 32.1. The fourth-order valence-electron chi connectivity index (χ4n) is 2.20. The maximum atomic E-state index is 5.76. The number of hydrogen-bond donors (Lipinski definition) is 1. The quantitative estimate of drug-likeness (QED) is 0.826. The summed E-state index contributed by atoms with van der Waals surface area (Å²) < 4.78 is 0. The summed E-state index contributed by atoms with van der Waals surface area (Å²) in [6.07, 6.45) is 4.40. The molecule has 0 unspecified atom stereocenters. The Bertz CT molecular complexity index is 273. The third-order valence-electron chi connectivity index (χ3n) is 3.00. The first-order chi connectivity index (χ1) is 6.83. The lowest BCUT2D eigenvalue weighted by Crippen LogP contribution is -2.37. The van der Waals surface area contributed by atoms with Gasteiger partial charge in [-0.2, -0.15) is 0 Å². The Balaban J connectivity index is 2.07. The first-order valence-corrected chi connectivity index (χ1v) is 6.06. The number of hydrogen-bond acceptors (Lipinski definition) is 4. The van der Waals surface area contributed by atoms with Crippen LogP contribution < -0.4 is 5.73 Å². The molecule has 1 aliphatic heterocycles. The second-order valence-corrected chi connectivity index (χ2v) is 4.74. The first kappa shape index (κ1) is 10.1. The number of aromatic nitrogens is 1. The predicted octanol–water partition coefficient (Wildman–Crippen LogP) is 1.63. The largest absolute Gasteiger partial charge is 0.329 e. The number of rotatable bonds is 3. The Morgan fingerprint density at radius 2 is 2.64 bits per heavy atom. The smallest absolute Gasteiger partial charge is 0.109 e. The lowest BCUT2D eigenvalue weighted by Gasteiger charge is -2.28. The van der Waals surface area contributed by atoms with E-state index in [0.717, 1.165) is 6.54 Å². The summed E-state index contributed by atoms with van der Waals surface area (Å²) in [6.45, 7) is 4.17. The molecule has 0 saturated carbocycles. The highest BCUT2D eigenvalue weighted by Crippen LogP contribution is 2.29. The van der Waals surface area contributed by atoms with Gasteiger partial charge < -0.3 is 5.73 Å². The summed E-state index contributed by atoms with van der Waals surface area (Å²) in [5.41, 5.74) is 5.76. The van der Waals surface area contributed by atoms with E-state index in [0.29, 0.717) is 12.1 Å². The maximum absolute atomic E-state index is 5.76. The molecule has 14 heavy (non-hydrogen) atoms. The summed E-state index contributed by atoms with van der Waals surface area (Å²) in [6, 6.07) is 1.000. The van der Waals surface area contributed by atoms with E-state index in [9.17, 15) is 0 Å². The van der Waals surface area contributed by atoms with Gasteiger partial charge in [0, 0.05) is 24.2 Å². The van der Waals surface area contributed by atoms with E-state index in [-0.39, 0.29) is 0 Å². The topological polar surface area (TPSA) is 42.2 Å². The Labute approximate surface area is 88.9 Å². The van der Waals surface area contributed by atoms with Gasteiger partial charge in [0.25, 0.3) is 0 Å². The third kappa shape index (κ3) is 1.82. The first-order valence-electron chi connectivity index (χ1n) is 5.18. The van der Waals surface area contributed by atoms with Crippen molar-refractivity contribution in [2.75, 3.05) is 13.1 Å². The predicted molar refractivity (Wildman–Crippen MR) is 59.3 cm³/mol. The van der Waals surface area contributed by atoms with Crippen LogP contribution in [-0.4, -0.2) is 29.0 Å². The molecule has 1 aliphatic rings. The fourth-order valence-corrected chi connectivity index (χ4v) is 2.92. The Morgan fingerprint density at radius 1 is 1.79 bits per heavy atom. The van der Waals surface area contributed by atoms with Crippen LogP contribution in [0.4, 0.5) is 0 Å². The number of nitrogens with two attached hydrogens (primary N) is 1. The molecule has 2 heterocycles. The summed E-state index contributed by atoms with van der Waals surface area (Å²) in [5.74, 6) is 0. The van der Waals surface area contributed by atoms with Crippen LogP contribution in [0.2, 0.25) is 0 Å². The van der Waals surface area contributed by atoms with Gasteiger partial charge in [-0.25, -0.2) is 4.98 Å². The van der Waals surface area contributed by atoms with Crippen LogP contribution in [0, 0.1) is 0 Å². The molecule has 4 heteroatoms. The van der Waals surface area contributed by atoms with Crippen molar-refractivity contribution in [3.05, 3.63) is 16.6 Å². The van der Waals surface area contributed by atoms with Crippen molar-refractivity contribution in [3.63, 3.8) is 0 Å². The molecule has 0 amide bonds. The van der Waals surface area contributed by atoms with E-state index < -0.39 is 0 Å². The maximum Gasteiger partial charge on any atom is 0.109 e. The molecule has 0 bridgehead atoms. The van der Waals surface area contributed by atoms with Crippen molar-refractivity contribution < 1.29 is 0 Å². The van der Waals surface area contributed by atoms with E-state index in [1.807, 2.05) is 11.6 Å². The molecule has 2 N–H and O–H groups in total. The molecule has 1 saturated heterocycles. The average molecular weight is 211 g/mol. The lowest BCUT2D eigenvalue weighted by molar-refractivity contribution is 0.196. The van der Waals surface area contributed by atoms with Gasteiger partial charge in [-0.1, -0.05) is 0 Å². The molecule has 78 valence electrons. The van der Waals surface area contributed by atoms with Crippen molar-refractivity contribution in [2.24, 2.45) is 5.73 Å². The third-order valence-corrected chi connectivity index (χ3v) is 3.95. The van der Waals surface area contributed by atoms with Crippen LogP contribution in [0.25, 0.3) is 0 Å². The van der Waals surface area contributed by atoms with E-state index in [4.69, 9.17) is 5.73 Å². The minimum absolute atomic E-state index is 0.436. The van der Waals surface area contributed by atoms with Gasteiger partial charge >= 0.3 is 0 Å². The van der Waals surface area contributed by atoms with Crippen LogP contribution in [0.5, 0.6) is 0 Å². The van der Waals surface area contributed by atoms with Crippen LogP contribution in [0.3, 0.4) is 0 Å². The molecular formula is C10H17N3S. The van der Waals surface area contributed by atoms with Crippen LogP contribution in [-0.2, 0) is 0 Å². The monoisotopic (exact) mass is 211 g/mol. The molecule has 0 spiro atoms. The Morgan fingerprint density at radius 3 is 3.29 bits per heavy atom. The van der Waals surface area contributed by atoms with Gasteiger partial charge in [0.1, 0.15) is 5.01 Å². The van der Waals surface area contributed by atoms with Gasteiger partial charge in [0.05, 0.1) is 6.04 Å². The van der Waals surface area contributed by atoms with Crippen LogP contribution in [0.1, 0.15) is 30.8 Å². The van der Waals surface area contributed by atoms with E-state index in [2.05, 4.69) is 16.8 Å². The summed E-state index contributed by atoms with van der Waals surface area (Å²) in [4.78, 5) is 6.85. The SMILES string of the molecule is C[C@H](c1nccs1)N1CCC[C@H]1CN. The molecule has 1 aromatic rings. The standard InChI is InChI=1S/C10H17N3S/c1-8(10-12-4-6-14-10)13-5-2-3-9(13)7-11/h4,6,8-9H,2-3,5,7,11H2,1H3/t8-,9+/m1/s1. The molecule has 0 aromatic carbocycles. The molecule has 2 rings (SSSR count). The van der Waals surface area contributed by atoms with Gasteiger partial charge in [-0.15, -0.1) is 11.3 Å². The van der Waals surface area contributed by atoms with Gasteiger partial charge in [0.2, 0.25) is 0 Å². The second kappa shape index (κ2) is 4.38. The highest BCUT2D eigenvalue weighted by Gasteiger charge is 2.28. The average Bonchev–Trinajstić information content (AvgIpc) is 2.87. The number of thiazole rings is 1. The van der Waals surface area contributed by atoms with Gasteiger partial charge in [0.15, 0.2) is 0 Å².